The molecule has 0 spiro atoms. The number of methoxy groups -OCH3 is 2. The minimum atomic E-state index is 0.661. The second-order valence-electron chi connectivity index (χ2n) is 3.04. The number of nitrogens with zero attached hydrogens (tertiary/aromatic N) is 2. The van der Waals surface area contributed by atoms with Gasteiger partial charge in [-0.2, -0.15) is 5.26 Å². The summed E-state index contributed by atoms with van der Waals surface area (Å²) in [6, 6.07) is 3.67. The fourth-order valence-corrected chi connectivity index (χ4v) is 1.90. The molecule has 0 heterocycles. The van der Waals surface area contributed by atoms with E-state index in [1.807, 2.05) is 18.5 Å². The number of anilines is 1. The molecule has 0 aromatic heterocycles. The average Bonchev–Trinajstić information content (AvgIpc) is 2.35. The third-order valence-electron chi connectivity index (χ3n) is 2.20. The number of thioether (sulfide) groups is 1. The molecular formula is C11H14N2O2S. The SMILES string of the molecule is COc1cc(N(C)C#N)c(OC)cc1SC. The molecular weight excluding hydrogens is 224 g/mol. The molecule has 0 aliphatic heterocycles. The third kappa shape index (κ3) is 2.34. The van der Waals surface area contributed by atoms with Crippen LogP contribution in [0.1, 0.15) is 0 Å². The topological polar surface area (TPSA) is 45.5 Å². The monoisotopic (exact) mass is 238 g/mol. The number of hydrogen-bond acceptors (Lipinski definition) is 5. The number of benzene rings is 1. The van der Waals surface area contributed by atoms with Crippen molar-refractivity contribution in [1.29, 1.82) is 5.26 Å². The van der Waals surface area contributed by atoms with Crippen molar-refractivity contribution < 1.29 is 9.47 Å². The Labute approximate surface area is 99.8 Å². The van der Waals surface area contributed by atoms with Crippen LogP contribution in [0.15, 0.2) is 17.0 Å². The van der Waals surface area contributed by atoms with Gasteiger partial charge in [-0.1, -0.05) is 0 Å². The largest absolute Gasteiger partial charge is 0.496 e. The van der Waals surface area contributed by atoms with Gasteiger partial charge in [0.25, 0.3) is 0 Å². The van der Waals surface area contributed by atoms with Crippen molar-refractivity contribution in [1.82, 2.24) is 0 Å². The fraction of sp³-hybridized carbons (Fsp3) is 0.364. The molecule has 0 radical (unpaired) electrons. The zero-order chi connectivity index (χ0) is 12.1. The van der Waals surface area contributed by atoms with Gasteiger partial charge in [-0.3, -0.25) is 4.90 Å². The van der Waals surface area contributed by atoms with Crippen molar-refractivity contribution in [2.24, 2.45) is 0 Å². The molecule has 1 aromatic carbocycles. The van der Waals surface area contributed by atoms with Crippen molar-refractivity contribution in [3.8, 4) is 17.7 Å². The molecule has 0 fully saturated rings. The van der Waals surface area contributed by atoms with Crippen LogP contribution in [0.5, 0.6) is 11.5 Å². The van der Waals surface area contributed by atoms with E-state index in [1.54, 1.807) is 39.1 Å². The summed E-state index contributed by atoms with van der Waals surface area (Å²) in [7, 11) is 4.87. The summed E-state index contributed by atoms with van der Waals surface area (Å²) in [5.41, 5.74) is 0.694. The Balaban J connectivity index is 3.32. The Hall–Kier alpha value is -1.54. The van der Waals surface area contributed by atoms with Crippen LogP contribution < -0.4 is 14.4 Å². The van der Waals surface area contributed by atoms with Crippen molar-refractivity contribution in [2.75, 3.05) is 32.4 Å². The van der Waals surface area contributed by atoms with Crippen molar-refractivity contribution in [3.63, 3.8) is 0 Å². The summed E-state index contributed by atoms with van der Waals surface area (Å²) in [6.45, 7) is 0. The van der Waals surface area contributed by atoms with Crippen LogP contribution in [0.2, 0.25) is 0 Å². The number of ether oxygens (including phenoxy) is 2. The Morgan fingerprint density at radius 1 is 1.25 bits per heavy atom. The lowest BCUT2D eigenvalue weighted by Gasteiger charge is -2.16. The molecule has 0 N–H and O–H groups in total. The Morgan fingerprint density at radius 2 is 1.88 bits per heavy atom. The zero-order valence-corrected chi connectivity index (χ0v) is 10.6. The second kappa shape index (κ2) is 5.52. The minimum absolute atomic E-state index is 0.661. The summed E-state index contributed by atoms with van der Waals surface area (Å²) in [5.74, 6) is 1.40. The molecule has 0 bridgehead atoms. The molecule has 0 atom stereocenters. The van der Waals surface area contributed by atoms with Crippen molar-refractivity contribution in [3.05, 3.63) is 12.1 Å². The molecule has 5 heteroatoms. The molecule has 16 heavy (non-hydrogen) atoms. The van der Waals surface area contributed by atoms with E-state index in [0.29, 0.717) is 11.4 Å². The van der Waals surface area contributed by atoms with Crippen LogP contribution in [0.25, 0.3) is 0 Å². The summed E-state index contributed by atoms with van der Waals surface area (Å²) in [6.07, 6.45) is 4.00. The van der Waals surface area contributed by atoms with Gasteiger partial charge in [0, 0.05) is 13.1 Å². The Kier molecular flexibility index (Phi) is 4.32. The van der Waals surface area contributed by atoms with E-state index in [4.69, 9.17) is 14.7 Å². The predicted molar refractivity (Wildman–Crippen MR) is 65.3 cm³/mol. The highest BCUT2D eigenvalue weighted by Crippen LogP contribution is 2.38. The van der Waals surface area contributed by atoms with E-state index >= 15 is 0 Å². The van der Waals surface area contributed by atoms with Gasteiger partial charge in [-0.15, -0.1) is 11.8 Å². The zero-order valence-electron chi connectivity index (χ0n) is 9.77. The van der Waals surface area contributed by atoms with Gasteiger partial charge in [-0.05, 0) is 12.3 Å². The molecule has 86 valence electrons. The maximum Gasteiger partial charge on any atom is 0.184 e. The first-order valence-electron chi connectivity index (χ1n) is 4.61. The van der Waals surface area contributed by atoms with E-state index in [9.17, 15) is 0 Å². The maximum atomic E-state index is 8.87. The number of nitriles is 1. The van der Waals surface area contributed by atoms with E-state index in [2.05, 4.69) is 0 Å². The lowest BCUT2D eigenvalue weighted by molar-refractivity contribution is 0.395. The van der Waals surface area contributed by atoms with Gasteiger partial charge >= 0.3 is 0 Å². The summed E-state index contributed by atoms with van der Waals surface area (Å²) in [5, 5.41) is 8.87. The highest BCUT2D eigenvalue weighted by atomic mass is 32.2. The lowest BCUT2D eigenvalue weighted by Crippen LogP contribution is -2.10. The number of hydrogen-bond donors (Lipinski definition) is 0. The van der Waals surface area contributed by atoms with Gasteiger partial charge in [-0.25, -0.2) is 0 Å². The minimum Gasteiger partial charge on any atom is -0.496 e. The Morgan fingerprint density at radius 3 is 2.31 bits per heavy atom. The summed E-state index contributed by atoms with van der Waals surface area (Å²) >= 11 is 1.57. The van der Waals surface area contributed by atoms with Crippen LogP contribution in [-0.4, -0.2) is 27.5 Å². The molecule has 0 saturated heterocycles. The first kappa shape index (κ1) is 12.5. The molecule has 0 unspecified atom stereocenters. The predicted octanol–water partition coefficient (Wildman–Crippen LogP) is 2.34. The highest BCUT2D eigenvalue weighted by Gasteiger charge is 2.13. The van der Waals surface area contributed by atoms with Crippen molar-refractivity contribution in [2.45, 2.75) is 4.90 Å². The van der Waals surface area contributed by atoms with Gasteiger partial charge in [0.1, 0.15) is 11.5 Å². The maximum absolute atomic E-state index is 8.87. The normalized spacial score (nSPS) is 9.44. The van der Waals surface area contributed by atoms with Gasteiger partial charge in [0.15, 0.2) is 6.19 Å². The molecule has 0 aliphatic carbocycles. The molecule has 0 amide bonds. The molecule has 1 aromatic rings. The molecule has 4 nitrogen and oxygen atoms in total. The first-order chi connectivity index (χ1) is 7.67. The average molecular weight is 238 g/mol. The van der Waals surface area contributed by atoms with Crippen LogP contribution in [0, 0.1) is 11.5 Å². The van der Waals surface area contributed by atoms with Crippen LogP contribution >= 0.6 is 11.8 Å². The van der Waals surface area contributed by atoms with Crippen LogP contribution in [0.4, 0.5) is 5.69 Å². The van der Waals surface area contributed by atoms with Gasteiger partial charge in [0.05, 0.1) is 24.8 Å². The first-order valence-corrected chi connectivity index (χ1v) is 5.83. The quantitative estimate of drug-likeness (QED) is 0.457. The van der Waals surface area contributed by atoms with Crippen molar-refractivity contribution >= 4 is 17.4 Å². The fourth-order valence-electron chi connectivity index (χ4n) is 1.33. The second-order valence-corrected chi connectivity index (χ2v) is 3.89. The molecule has 1 rings (SSSR count). The standard InChI is InChI=1S/C11H14N2O2S/c1-13(7-12)8-5-10(15-3)11(16-4)6-9(8)14-2/h5-6H,1-4H3. The van der Waals surface area contributed by atoms with Crippen LogP contribution in [-0.2, 0) is 0 Å². The van der Waals surface area contributed by atoms with E-state index < -0.39 is 0 Å². The molecule has 0 saturated carbocycles. The van der Waals surface area contributed by atoms with E-state index in [0.717, 1.165) is 10.6 Å². The lowest BCUT2D eigenvalue weighted by atomic mass is 10.2. The van der Waals surface area contributed by atoms with Gasteiger partial charge in [0.2, 0.25) is 0 Å². The Bertz CT molecular complexity index is 415. The van der Waals surface area contributed by atoms with Gasteiger partial charge < -0.3 is 9.47 Å². The summed E-state index contributed by atoms with van der Waals surface area (Å²) in [4.78, 5) is 2.42. The molecule has 0 aliphatic rings. The third-order valence-corrected chi connectivity index (χ3v) is 2.96. The summed E-state index contributed by atoms with van der Waals surface area (Å²) < 4.78 is 10.5. The van der Waals surface area contributed by atoms with E-state index in [1.165, 1.54) is 4.90 Å². The highest BCUT2D eigenvalue weighted by molar-refractivity contribution is 7.98. The smallest absolute Gasteiger partial charge is 0.184 e. The van der Waals surface area contributed by atoms with E-state index in [-0.39, 0.29) is 0 Å². The number of rotatable bonds is 4. The van der Waals surface area contributed by atoms with Crippen LogP contribution in [0.3, 0.4) is 0 Å².